The zero-order valence-electron chi connectivity index (χ0n) is 7.14. The van der Waals surface area contributed by atoms with E-state index < -0.39 is 0 Å². The molecule has 1 unspecified atom stereocenters. The van der Waals surface area contributed by atoms with Crippen LogP contribution in [0.1, 0.15) is 26.7 Å². The number of rotatable bonds is 5. The molecule has 0 spiro atoms. The summed E-state index contributed by atoms with van der Waals surface area (Å²) in [6.07, 6.45) is 6.33. The lowest BCUT2D eigenvalue weighted by Crippen LogP contribution is -2.03. The first kappa shape index (κ1) is 9.48. The van der Waals surface area contributed by atoms with Gasteiger partial charge in [-0.25, -0.2) is 0 Å². The third-order valence-corrected chi connectivity index (χ3v) is 1.86. The Labute approximate surface area is 64.6 Å². The Balaban J connectivity index is 3.59. The highest BCUT2D eigenvalue weighted by atomic mass is 14.1. The monoisotopic (exact) mass is 138 g/mol. The zero-order valence-corrected chi connectivity index (χ0v) is 7.14. The molecule has 0 N–H and O–H groups in total. The summed E-state index contributed by atoms with van der Waals surface area (Å²) in [6, 6.07) is 0. The van der Waals surface area contributed by atoms with Gasteiger partial charge in [-0.2, -0.15) is 0 Å². The van der Waals surface area contributed by atoms with E-state index in [4.69, 9.17) is 0 Å². The van der Waals surface area contributed by atoms with Gasteiger partial charge in [-0.3, -0.25) is 0 Å². The van der Waals surface area contributed by atoms with E-state index in [0.717, 1.165) is 12.3 Å². The Morgan fingerprint density at radius 1 is 1.30 bits per heavy atom. The average Bonchev–Trinajstić information content (AvgIpc) is 1.89. The molecule has 0 rings (SSSR count). The van der Waals surface area contributed by atoms with E-state index in [1.165, 1.54) is 6.42 Å². The molecule has 0 aromatic heterocycles. The van der Waals surface area contributed by atoms with Gasteiger partial charge in [0.15, 0.2) is 0 Å². The van der Waals surface area contributed by atoms with Crippen molar-refractivity contribution in [2.45, 2.75) is 26.7 Å². The second-order valence-electron chi connectivity index (χ2n) is 3.01. The molecule has 0 saturated carbocycles. The van der Waals surface area contributed by atoms with Crippen LogP contribution in [-0.4, -0.2) is 0 Å². The number of allylic oxidation sites excluding steroid dienone is 2. The first-order valence-electron chi connectivity index (χ1n) is 3.95. The van der Waals surface area contributed by atoms with Crippen LogP contribution >= 0.6 is 0 Å². The molecule has 58 valence electrons. The van der Waals surface area contributed by atoms with Gasteiger partial charge in [0, 0.05) is 0 Å². The first-order chi connectivity index (χ1) is 4.72. The highest BCUT2D eigenvalue weighted by molar-refractivity contribution is 4.83. The lowest BCUT2D eigenvalue weighted by atomic mass is 9.91. The lowest BCUT2D eigenvalue weighted by molar-refractivity contribution is 0.440. The molecule has 0 aliphatic heterocycles. The molecule has 0 radical (unpaired) electrons. The minimum absolute atomic E-state index is 0.665. The SMILES string of the molecule is C=CCCC(C=C)C(C)C. The van der Waals surface area contributed by atoms with Gasteiger partial charge in [0.05, 0.1) is 0 Å². The lowest BCUT2D eigenvalue weighted by Gasteiger charge is -2.14. The molecular formula is C10H18. The molecule has 0 aromatic rings. The Hall–Kier alpha value is -0.520. The van der Waals surface area contributed by atoms with E-state index in [1.807, 2.05) is 12.2 Å². The highest BCUT2D eigenvalue weighted by Gasteiger charge is 2.06. The maximum atomic E-state index is 3.80. The van der Waals surface area contributed by atoms with Gasteiger partial charge in [0.1, 0.15) is 0 Å². The summed E-state index contributed by atoms with van der Waals surface area (Å²) in [4.78, 5) is 0. The van der Waals surface area contributed by atoms with Crippen molar-refractivity contribution in [3.8, 4) is 0 Å². The molecule has 0 heteroatoms. The van der Waals surface area contributed by atoms with Crippen molar-refractivity contribution in [3.63, 3.8) is 0 Å². The van der Waals surface area contributed by atoms with Gasteiger partial charge >= 0.3 is 0 Å². The summed E-state index contributed by atoms with van der Waals surface area (Å²) in [5, 5.41) is 0. The number of hydrogen-bond acceptors (Lipinski definition) is 0. The van der Waals surface area contributed by atoms with Crippen LogP contribution in [0.4, 0.5) is 0 Å². The second kappa shape index (κ2) is 5.28. The van der Waals surface area contributed by atoms with Crippen LogP contribution < -0.4 is 0 Å². The summed E-state index contributed by atoms with van der Waals surface area (Å²) < 4.78 is 0. The summed E-state index contributed by atoms with van der Waals surface area (Å²) in [6.45, 7) is 12.0. The Morgan fingerprint density at radius 2 is 1.90 bits per heavy atom. The Bertz CT molecular complexity index is 101. The number of hydrogen-bond donors (Lipinski definition) is 0. The van der Waals surface area contributed by atoms with E-state index in [9.17, 15) is 0 Å². The van der Waals surface area contributed by atoms with E-state index >= 15 is 0 Å². The Kier molecular flexibility index (Phi) is 5.00. The van der Waals surface area contributed by atoms with Gasteiger partial charge in [0.25, 0.3) is 0 Å². The predicted octanol–water partition coefficient (Wildman–Crippen LogP) is 3.41. The zero-order chi connectivity index (χ0) is 7.98. The average molecular weight is 138 g/mol. The second-order valence-corrected chi connectivity index (χ2v) is 3.01. The van der Waals surface area contributed by atoms with E-state index in [0.29, 0.717) is 5.92 Å². The van der Waals surface area contributed by atoms with Crippen molar-refractivity contribution in [1.82, 2.24) is 0 Å². The van der Waals surface area contributed by atoms with Crippen molar-refractivity contribution in [3.05, 3.63) is 25.3 Å². The fourth-order valence-electron chi connectivity index (χ4n) is 1.03. The molecule has 0 bridgehead atoms. The van der Waals surface area contributed by atoms with Gasteiger partial charge in [-0.15, -0.1) is 13.2 Å². The van der Waals surface area contributed by atoms with Crippen LogP contribution in [0.5, 0.6) is 0 Å². The van der Waals surface area contributed by atoms with Crippen molar-refractivity contribution >= 4 is 0 Å². The summed E-state index contributed by atoms with van der Waals surface area (Å²) in [5.74, 6) is 1.38. The van der Waals surface area contributed by atoms with E-state index in [2.05, 4.69) is 27.0 Å². The maximum Gasteiger partial charge on any atom is -0.0210 e. The molecule has 1 atom stereocenters. The molecule has 0 heterocycles. The highest BCUT2D eigenvalue weighted by Crippen LogP contribution is 2.17. The Morgan fingerprint density at radius 3 is 2.20 bits per heavy atom. The van der Waals surface area contributed by atoms with Gasteiger partial charge in [0.2, 0.25) is 0 Å². The molecule has 0 nitrogen and oxygen atoms in total. The third kappa shape index (κ3) is 3.49. The van der Waals surface area contributed by atoms with E-state index in [-0.39, 0.29) is 0 Å². The van der Waals surface area contributed by atoms with Crippen LogP contribution in [0.3, 0.4) is 0 Å². The summed E-state index contributed by atoms with van der Waals surface area (Å²) >= 11 is 0. The first-order valence-corrected chi connectivity index (χ1v) is 3.95. The molecule has 0 aliphatic carbocycles. The summed E-state index contributed by atoms with van der Waals surface area (Å²) in [5.41, 5.74) is 0. The predicted molar refractivity (Wildman–Crippen MR) is 48.0 cm³/mol. The van der Waals surface area contributed by atoms with Crippen LogP contribution in [-0.2, 0) is 0 Å². The summed E-state index contributed by atoms with van der Waals surface area (Å²) in [7, 11) is 0. The molecule has 0 aliphatic rings. The van der Waals surface area contributed by atoms with Crippen LogP contribution in [0, 0.1) is 11.8 Å². The standard InChI is InChI=1S/C10H18/c1-5-7-8-10(6-2)9(3)4/h5-6,9-10H,1-2,7-8H2,3-4H3. The largest absolute Gasteiger partial charge is 0.103 e. The van der Waals surface area contributed by atoms with Crippen LogP contribution in [0.2, 0.25) is 0 Å². The van der Waals surface area contributed by atoms with Crippen molar-refractivity contribution in [2.24, 2.45) is 11.8 Å². The normalized spacial score (nSPS) is 13.1. The molecule has 0 saturated heterocycles. The van der Waals surface area contributed by atoms with Gasteiger partial charge in [-0.1, -0.05) is 26.0 Å². The smallest absolute Gasteiger partial charge is 0.0210 e. The minimum Gasteiger partial charge on any atom is -0.103 e. The topological polar surface area (TPSA) is 0 Å². The van der Waals surface area contributed by atoms with Crippen LogP contribution in [0.15, 0.2) is 25.3 Å². The molecular weight excluding hydrogens is 120 g/mol. The maximum absolute atomic E-state index is 3.80. The quantitative estimate of drug-likeness (QED) is 0.511. The molecule has 0 aromatic carbocycles. The van der Waals surface area contributed by atoms with Crippen molar-refractivity contribution in [2.75, 3.05) is 0 Å². The van der Waals surface area contributed by atoms with E-state index in [1.54, 1.807) is 0 Å². The minimum atomic E-state index is 0.665. The third-order valence-electron chi connectivity index (χ3n) is 1.86. The molecule has 10 heavy (non-hydrogen) atoms. The fourth-order valence-corrected chi connectivity index (χ4v) is 1.03. The van der Waals surface area contributed by atoms with Crippen molar-refractivity contribution < 1.29 is 0 Å². The van der Waals surface area contributed by atoms with Gasteiger partial charge in [-0.05, 0) is 24.7 Å². The fraction of sp³-hybridized carbons (Fsp3) is 0.600. The van der Waals surface area contributed by atoms with Crippen molar-refractivity contribution in [1.29, 1.82) is 0 Å². The van der Waals surface area contributed by atoms with Crippen LogP contribution in [0.25, 0.3) is 0 Å². The van der Waals surface area contributed by atoms with Gasteiger partial charge < -0.3 is 0 Å². The molecule has 0 fully saturated rings. The molecule has 0 amide bonds.